The third kappa shape index (κ3) is 1.89. The van der Waals surface area contributed by atoms with Gasteiger partial charge in [-0.25, -0.2) is 9.97 Å². The van der Waals surface area contributed by atoms with Crippen molar-refractivity contribution in [3.05, 3.63) is 42.4 Å². The number of benzene rings is 1. The molecule has 2 aromatic heterocycles. The van der Waals surface area contributed by atoms with Gasteiger partial charge in [-0.2, -0.15) is 0 Å². The molecule has 0 aliphatic rings. The standard InChI is InChI=1S/C14H13N3O2/c1-9-14-15-7-13(18)17(14)8-12(16-9)10-3-5-11(19-2)6-4-10/h3-8,18H,1-2H3. The molecule has 0 unspecified atom stereocenters. The number of imidazole rings is 1. The van der Waals surface area contributed by atoms with Gasteiger partial charge in [0.2, 0.25) is 5.88 Å². The van der Waals surface area contributed by atoms with E-state index < -0.39 is 0 Å². The molecule has 5 nitrogen and oxygen atoms in total. The normalized spacial score (nSPS) is 10.8. The van der Waals surface area contributed by atoms with E-state index in [2.05, 4.69) is 9.97 Å². The van der Waals surface area contributed by atoms with E-state index in [1.54, 1.807) is 17.7 Å². The van der Waals surface area contributed by atoms with Crippen molar-refractivity contribution in [2.24, 2.45) is 0 Å². The summed E-state index contributed by atoms with van der Waals surface area (Å²) in [5.74, 6) is 0.905. The maximum absolute atomic E-state index is 9.74. The number of hydrogen-bond acceptors (Lipinski definition) is 4. The second-order valence-electron chi connectivity index (χ2n) is 4.25. The molecular weight excluding hydrogens is 242 g/mol. The van der Waals surface area contributed by atoms with E-state index in [9.17, 15) is 5.11 Å². The fraction of sp³-hybridized carbons (Fsp3) is 0.143. The van der Waals surface area contributed by atoms with Gasteiger partial charge < -0.3 is 9.84 Å². The van der Waals surface area contributed by atoms with Crippen LogP contribution in [0, 0.1) is 6.92 Å². The molecule has 0 aliphatic heterocycles. The average molecular weight is 255 g/mol. The number of aromatic nitrogens is 3. The van der Waals surface area contributed by atoms with E-state index in [0.717, 1.165) is 22.7 Å². The SMILES string of the molecule is COc1ccc(-c2cn3c(O)cnc3c(C)n2)cc1. The summed E-state index contributed by atoms with van der Waals surface area (Å²) in [4.78, 5) is 8.62. The number of aromatic hydroxyl groups is 1. The van der Waals surface area contributed by atoms with Crippen molar-refractivity contribution >= 4 is 5.65 Å². The van der Waals surface area contributed by atoms with Crippen molar-refractivity contribution in [1.82, 2.24) is 14.4 Å². The van der Waals surface area contributed by atoms with E-state index in [1.807, 2.05) is 31.2 Å². The highest BCUT2D eigenvalue weighted by Gasteiger charge is 2.09. The molecule has 0 saturated carbocycles. The van der Waals surface area contributed by atoms with Gasteiger partial charge >= 0.3 is 0 Å². The number of methoxy groups -OCH3 is 1. The summed E-state index contributed by atoms with van der Waals surface area (Å²) < 4.78 is 6.76. The zero-order valence-corrected chi connectivity index (χ0v) is 10.7. The van der Waals surface area contributed by atoms with Crippen molar-refractivity contribution in [3.63, 3.8) is 0 Å². The quantitative estimate of drug-likeness (QED) is 0.764. The zero-order valence-electron chi connectivity index (χ0n) is 10.7. The fourth-order valence-corrected chi connectivity index (χ4v) is 2.03. The Labute approximate surface area is 110 Å². The van der Waals surface area contributed by atoms with Crippen molar-refractivity contribution in [2.75, 3.05) is 7.11 Å². The van der Waals surface area contributed by atoms with Gasteiger partial charge in [-0.3, -0.25) is 4.40 Å². The Morgan fingerprint density at radius 2 is 1.95 bits per heavy atom. The molecular formula is C14H13N3O2. The topological polar surface area (TPSA) is 59.7 Å². The molecule has 3 aromatic rings. The second-order valence-corrected chi connectivity index (χ2v) is 4.25. The van der Waals surface area contributed by atoms with Gasteiger partial charge in [0.15, 0.2) is 5.65 Å². The molecule has 0 amide bonds. The summed E-state index contributed by atoms with van der Waals surface area (Å²) in [7, 11) is 1.63. The third-order valence-electron chi connectivity index (χ3n) is 3.03. The Morgan fingerprint density at radius 1 is 1.21 bits per heavy atom. The van der Waals surface area contributed by atoms with Crippen molar-refractivity contribution < 1.29 is 9.84 Å². The van der Waals surface area contributed by atoms with Crippen LogP contribution in [0.2, 0.25) is 0 Å². The van der Waals surface area contributed by atoms with Crippen LogP contribution in [0.15, 0.2) is 36.7 Å². The predicted octanol–water partition coefficient (Wildman–Crippen LogP) is 2.42. The lowest BCUT2D eigenvalue weighted by Crippen LogP contribution is -1.95. The van der Waals surface area contributed by atoms with Crippen LogP contribution in [-0.4, -0.2) is 26.6 Å². The number of hydrogen-bond donors (Lipinski definition) is 1. The third-order valence-corrected chi connectivity index (χ3v) is 3.03. The van der Waals surface area contributed by atoms with Gasteiger partial charge in [0.25, 0.3) is 0 Å². The van der Waals surface area contributed by atoms with Crippen molar-refractivity contribution in [3.8, 4) is 22.9 Å². The van der Waals surface area contributed by atoms with Crippen LogP contribution in [-0.2, 0) is 0 Å². The van der Waals surface area contributed by atoms with Gasteiger partial charge in [0, 0.05) is 11.8 Å². The molecule has 3 rings (SSSR count). The Kier molecular flexibility index (Phi) is 2.59. The average Bonchev–Trinajstić information content (AvgIpc) is 2.81. The molecule has 0 bridgehead atoms. The summed E-state index contributed by atoms with van der Waals surface area (Å²) in [5, 5.41) is 9.74. The molecule has 19 heavy (non-hydrogen) atoms. The van der Waals surface area contributed by atoms with Crippen LogP contribution in [0.3, 0.4) is 0 Å². The Balaban J connectivity index is 2.15. The minimum absolute atomic E-state index is 0.107. The minimum atomic E-state index is 0.107. The van der Waals surface area contributed by atoms with E-state index >= 15 is 0 Å². The van der Waals surface area contributed by atoms with E-state index in [0.29, 0.717) is 5.65 Å². The summed E-state index contributed by atoms with van der Waals surface area (Å²) >= 11 is 0. The van der Waals surface area contributed by atoms with Crippen LogP contribution in [0.4, 0.5) is 0 Å². The summed E-state index contributed by atoms with van der Waals surface area (Å²) in [6, 6.07) is 7.62. The molecule has 5 heteroatoms. The molecule has 0 atom stereocenters. The number of ether oxygens (including phenoxy) is 1. The first kappa shape index (κ1) is 11.5. The van der Waals surface area contributed by atoms with Gasteiger partial charge in [-0.1, -0.05) is 0 Å². The summed E-state index contributed by atoms with van der Waals surface area (Å²) in [5.41, 5.74) is 3.17. The Hall–Kier alpha value is -2.56. The molecule has 0 spiro atoms. The van der Waals surface area contributed by atoms with Crippen LogP contribution in [0.5, 0.6) is 11.6 Å². The van der Waals surface area contributed by atoms with Crippen molar-refractivity contribution in [1.29, 1.82) is 0 Å². The second kappa shape index (κ2) is 4.28. The van der Waals surface area contributed by atoms with E-state index in [1.165, 1.54) is 6.20 Å². The first-order valence-corrected chi connectivity index (χ1v) is 5.87. The van der Waals surface area contributed by atoms with Crippen LogP contribution >= 0.6 is 0 Å². The van der Waals surface area contributed by atoms with Gasteiger partial charge in [0.05, 0.1) is 24.7 Å². The van der Waals surface area contributed by atoms with Crippen LogP contribution in [0.25, 0.3) is 16.9 Å². The molecule has 1 N–H and O–H groups in total. The number of fused-ring (bicyclic) bond motifs is 1. The molecule has 96 valence electrons. The maximum Gasteiger partial charge on any atom is 0.215 e. The molecule has 0 aliphatic carbocycles. The molecule has 0 fully saturated rings. The highest BCUT2D eigenvalue weighted by Crippen LogP contribution is 2.24. The maximum atomic E-state index is 9.74. The van der Waals surface area contributed by atoms with E-state index in [-0.39, 0.29) is 5.88 Å². The van der Waals surface area contributed by atoms with Crippen LogP contribution < -0.4 is 4.74 Å². The highest BCUT2D eigenvalue weighted by molar-refractivity contribution is 5.62. The van der Waals surface area contributed by atoms with E-state index in [4.69, 9.17) is 4.74 Å². The first-order chi connectivity index (χ1) is 9.19. The van der Waals surface area contributed by atoms with Gasteiger partial charge in [0.1, 0.15) is 5.75 Å². The molecule has 2 heterocycles. The Morgan fingerprint density at radius 3 is 2.63 bits per heavy atom. The molecule has 0 radical (unpaired) electrons. The summed E-state index contributed by atoms with van der Waals surface area (Å²) in [6.07, 6.45) is 3.19. The molecule has 1 aromatic carbocycles. The Bertz CT molecular complexity index is 732. The lowest BCUT2D eigenvalue weighted by molar-refractivity contribution is 0.415. The lowest BCUT2D eigenvalue weighted by Gasteiger charge is -2.06. The van der Waals surface area contributed by atoms with Crippen LogP contribution in [0.1, 0.15) is 5.69 Å². The monoisotopic (exact) mass is 255 g/mol. The fourth-order valence-electron chi connectivity index (χ4n) is 2.03. The number of rotatable bonds is 2. The highest BCUT2D eigenvalue weighted by atomic mass is 16.5. The minimum Gasteiger partial charge on any atom is -0.497 e. The largest absolute Gasteiger partial charge is 0.497 e. The summed E-state index contributed by atoms with van der Waals surface area (Å²) in [6.45, 7) is 1.87. The smallest absolute Gasteiger partial charge is 0.215 e. The number of nitrogens with zero attached hydrogens (tertiary/aromatic N) is 3. The molecule has 0 saturated heterocycles. The first-order valence-electron chi connectivity index (χ1n) is 5.87. The number of aryl methyl sites for hydroxylation is 1. The predicted molar refractivity (Wildman–Crippen MR) is 71.4 cm³/mol. The van der Waals surface area contributed by atoms with Gasteiger partial charge in [-0.05, 0) is 31.2 Å². The lowest BCUT2D eigenvalue weighted by atomic mass is 10.1. The van der Waals surface area contributed by atoms with Gasteiger partial charge in [-0.15, -0.1) is 0 Å². The van der Waals surface area contributed by atoms with Crippen molar-refractivity contribution in [2.45, 2.75) is 6.92 Å². The zero-order chi connectivity index (χ0) is 13.4.